The van der Waals surface area contributed by atoms with Gasteiger partial charge in [0, 0.05) is 13.1 Å². The van der Waals surface area contributed by atoms with Crippen molar-refractivity contribution in [3.8, 4) is 0 Å². The molecule has 1 atom stereocenters. The molecule has 140 valence electrons. The van der Waals surface area contributed by atoms with E-state index in [9.17, 15) is 14.0 Å². The van der Waals surface area contributed by atoms with Crippen LogP contribution in [0, 0.1) is 11.7 Å². The van der Waals surface area contributed by atoms with Crippen LogP contribution < -0.4 is 11.0 Å². The Morgan fingerprint density at radius 3 is 2.96 bits per heavy atom. The van der Waals surface area contributed by atoms with Crippen LogP contribution in [0.3, 0.4) is 0 Å². The first-order valence-electron chi connectivity index (χ1n) is 9.15. The summed E-state index contributed by atoms with van der Waals surface area (Å²) in [7, 11) is 0. The molecule has 7 heteroatoms. The van der Waals surface area contributed by atoms with E-state index in [1.54, 1.807) is 16.7 Å². The molecular weight excluding hydrogens is 335 g/mol. The largest absolute Gasteiger partial charge is 0.355 e. The summed E-state index contributed by atoms with van der Waals surface area (Å²) in [6, 6.07) is 6.11. The zero-order chi connectivity index (χ0) is 18.7. The molecule has 1 aromatic carbocycles. The Morgan fingerprint density at radius 2 is 2.23 bits per heavy atom. The number of hydrogen-bond acceptors (Lipinski definition) is 3. The van der Waals surface area contributed by atoms with E-state index in [1.165, 1.54) is 16.8 Å². The first-order chi connectivity index (χ1) is 12.5. The van der Waals surface area contributed by atoms with Gasteiger partial charge >= 0.3 is 5.69 Å². The highest BCUT2D eigenvalue weighted by Gasteiger charge is 2.31. The van der Waals surface area contributed by atoms with Crippen molar-refractivity contribution in [2.24, 2.45) is 5.92 Å². The molecule has 1 unspecified atom stereocenters. The van der Waals surface area contributed by atoms with Gasteiger partial charge in [-0.05, 0) is 42.9 Å². The van der Waals surface area contributed by atoms with Gasteiger partial charge < -0.3 is 5.32 Å². The number of rotatable bonds is 6. The van der Waals surface area contributed by atoms with Crippen LogP contribution in [0.25, 0.3) is 0 Å². The maximum absolute atomic E-state index is 13.4. The lowest BCUT2D eigenvalue weighted by Gasteiger charge is -2.21. The lowest BCUT2D eigenvalue weighted by molar-refractivity contribution is -0.123. The quantitative estimate of drug-likeness (QED) is 0.859. The van der Waals surface area contributed by atoms with Crippen molar-refractivity contribution in [2.45, 2.75) is 52.1 Å². The maximum Gasteiger partial charge on any atom is 0.346 e. The molecule has 0 spiro atoms. The molecule has 0 saturated carbocycles. The molecule has 1 aromatic heterocycles. The van der Waals surface area contributed by atoms with E-state index in [4.69, 9.17) is 0 Å². The van der Waals surface area contributed by atoms with Crippen molar-refractivity contribution in [3.05, 3.63) is 52.0 Å². The van der Waals surface area contributed by atoms with E-state index in [0.717, 1.165) is 12.8 Å². The number of carbonyl (C=O) groups excluding carboxylic acids is 1. The Kier molecular flexibility index (Phi) is 5.54. The fourth-order valence-corrected chi connectivity index (χ4v) is 3.28. The predicted molar refractivity (Wildman–Crippen MR) is 96.4 cm³/mol. The van der Waals surface area contributed by atoms with Crippen LogP contribution in [0.15, 0.2) is 29.1 Å². The number of amides is 1. The smallest absolute Gasteiger partial charge is 0.346 e. The lowest BCUT2D eigenvalue weighted by atomic mass is 9.98. The van der Waals surface area contributed by atoms with Gasteiger partial charge in [0.15, 0.2) is 0 Å². The molecule has 2 heterocycles. The molecule has 1 amide bonds. The molecule has 3 rings (SSSR count). The van der Waals surface area contributed by atoms with Crippen molar-refractivity contribution in [1.82, 2.24) is 19.7 Å². The standard InChI is InChI=1S/C19H25FN4O2/c1-13(2)8-9-21-18(25)16-7-4-10-23-17(16)22-24(19(23)26)12-14-5-3-6-15(20)11-14/h3,5-6,11,13,16H,4,7-10,12H2,1-2H3,(H,21,25). The number of fused-ring (bicyclic) bond motifs is 1. The Morgan fingerprint density at radius 1 is 1.42 bits per heavy atom. The van der Waals surface area contributed by atoms with Crippen molar-refractivity contribution >= 4 is 5.91 Å². The van der Waals surface area contributed by atoms with Crippen LogP contribution in [0.4, 0.5) is 4.39 Å². The Bertz CT molecular complexity index is 840. The van der Waals surface area contributed by atoms with Gasteiger partial charge in [0.1, 0.15) is 11.6 Å². The number of benzene rings is 1. The Labute approximate surface area is 152 Å². The zero-order valence-corrected chi connectivity index (χ0v) is 15.2. The molecule has 26 heavy (non-hydrogen) atoms. The minimum absolute atomic E-state index is 0.0745. The molecule has 1 aliphatic rings. The molecular formula is C19H25FN4O2. The van der Waals surface area contributed by atoms with E-state index >= 15 is 0 Å². The van der Waals surface area contributed by atoms with Gasteiger partial charge in [0.2, 0.25) is 5.91 Å². The van der Waals surface area contributed by atoms with Crippen LogP contribution in [0.5, 0.6) is 0 Å². The minimum atomic E-state index is -0.405. The summed E-state index contributed by atoms with van der Waals surface area (Å²) in [5.74, 6) is 0.207. The first-order valence-corrected chi connectivity index (χ1v) is 9.15. The third-order valence-electron chi connectivity index (χ3n) is 4.70. The van der Waals surface area contributed by atoms with Crippen LogP contribution in [-0.4, -0.2) is 26.8 Å². The summed E-state index contributed by atoms with van der Waals surface area (Å²) in [5, 5.41) is 7.36. The molecule has 1 aliphatic heterocycles. The van der Waals surface area contributed by atoms with Gasteiger partial charge in [-0.3, -0.25) is 9.36 Å². The maximum atomic E-state index is 13.4. The number of nitrogens with zero attached hydrogens (tertiary/aromatic N) is 3. The number of carbonyl (C=O) groups is 1. The Balaban J connectivity index is 1.79. The molecule has 2 aromatic rings. The molecule has 1 N–H and O–H groups in total. The zero-order valence-electron chi connectivity index (χ0n) is 15.2. The highest BCUT2D eigenvalue weighted by Crippen LogP contribution is 2.24. The van der Waals surface area contributed by atoms with Crippen molar-refractivity contribution in [1.29, 1.82) is 0 Å². The molecule has 0 bridgehead atoms. The van der Waals surface area contributed by atoms with Gasteiger partial charge in [0.05, 0.1) is 12.5 Å². The SMILES string of the molecule is CC(C)CCNC(=O)C1CCCn2c1nn(Cc1cccc(F)c1)c2=O. The molecule has 6 nitrogen and oxygen atoms in total. The molecule has 0 aliphatic carbocycles. The summed E-state index contributed by atoms with van der Waals surface area (Å²) < 4.78 is 16.3. The van der Waals surface area contributed by atoms with E-state index in [2.05, 4.69) is 24.3 Å². The van der Waals surface area contributed by atoms with Gasteiger partial charge in [-0.15, -0.1) is 0 Å². The summed E-state index contributed by atoms with van der Waals surface area (Å²) in [6.07, 6.45) is 2.37. The second kappa shape index (κ2) is 7.85. The van der Waals surface area contributed by atoms with Crippen LogP contribution in [-0.2, 0) is 17.9 Å². The lowest BCUT2D eigenvalue weighted by Crippen LogP contribution is -2.35. The first kappa shape index (κ1) is 18.4. The van der Waals surface area contributed by atoms with E-state index in [0.29, 0.717) is 36.8 Å². The monoisotopic (exact) mass is 360 g/mol. The highest BCUT2D eigenvalue weighted by atomic mass is 19.1. The van der Waals surface area contributed by atoms with Gasteiger partial charge in [0.25, 0.3) is 0 Å². The van der Waals surface area contributed by atoms with Crippen LogP contribution in [0.2, 0.25) is 0 Å². The van der Waals surface area contributed by atoms with Crippen LogP contribution in [0.1, 0.15) is 50.4 Å². The summed E-state index contributed by atoms with van der Waals surface area (Å²) in [6.45, 7) is 5.60. The fourth-order valence-electron chi connectivity index (χ4n) is 3.28. The highest BCUT2D eigenvalue weighted by molar-refractivity contribution is 5.82. The van der Waals surface area contributed by atoms with E-state index in [-0.39, 0.29) is 24.0 Å². The van der Waals surface area contributed by atoms with Gasteiger partial charge in [-0.1, -0.05) is 26.0 Å². The average molecular weight is 360 g/mol. The van der Waals surface area contributed by atoms with Crippen molar-refractivity contribution < 1.29 is 9.18 Å². The number of aromatic nitrogens is 3. The number of nitrogens with one attached hydrogen (secondary N) is 1. The second-order valence-corrected chi connectivity index (χ2v) is 7.25. The van der Waals surface area contributed by atoms with E-state index in [1.807, 2.05) is 0 Å². The summed E-state index contributed by atoms with van der Waals surface area (Å²) in [5.41, 5.74) is 0.421. The number of halogens is 1. The van der Waals surface area contributed by atoms with E-state index < -0.39 is 5.92 Å². The topological polar surface area (TPSA) is 68.9 Å². The third kappa shape index (κ3) is 4.03. The second-order valence-electron chi connectivity index (χ2n) is 7.25. The number of hydrogen-bond donors (Lipinski definition) is 1. The fraction of sp³-hybridized carbons (Fsp3) is 0.526. The van der Waals surface area contributed by atoms with Crippen molar-refractivity contribution in [2.75, 3.05) is 6.54 Å². The summed E-state index contributed by atoms with van der Waals surface area (Å²) >= 11 is 0. The Hall–Kier alpha value is -2.44. The average Bonchev–Trinajstić information content (AvgIpc) is 2.90. The van der Waals surface area contributed by atoms with Gasteiger partial charge in [-0.25, -0.2) is 13.9 Å². The molecule has 0 fully saturated rings. The van der Waals surface area contributed by atoms with Crippen molar-refractivity contribution in [3.63, 3.8) is 0 Å². The minimum Gasteiger partial charge on any atom is -0.355 e. The third-order valence-corrected chi connectivity index (χ3v) is 4.70. The van der Waals surface area contributed by atoms with Gasteiger partial charge in [-0.2, -0.15) is 5.10 Å². The molecule has 0 saturated heterocycles. The normalized spacial score (nSPS) is 16.5. The predicted octanol–water partition coefficient (Wildman–Crippen LogP) is 2.27. The van der Waals surface area contributed by atoms with Crippen LogP contribution >= 0.6 is 0 Å². The summed E-state index contributed by atoms with van der Waals surface area (Å²) in [4.78, 5) is 25.2. The molecule has 0 radical (unpaired) electrons.